The van der Waals surface area contributed by atoms with Crippen LogP contribution >= 0.6 is 11.3 Å². The SMILES string of the molecule is CCC(C)(C(NN)c1ccsc1)N1CCOCC1. The van der Waals surface area contributed by atoms with Crippen molar-refractivity contribution in [2.24, 2.45) is 5.84 Å². The quantitative estimate of drug-likeness (QED) is 0.632. The largest absolute Gasteiger partial charge is 0.379 e. The molecule has 1 aromatic rings. The zero-order valence-electron chi connectivity index (χ0n) is 11.2. The van der Waals surface area contributed by atoms with Gasteiger partial charge in [-0.1, -0.05) is 6.92 Å². The zero-order valence-corrected chi connectivity index (χ0v) is 12.0. The van der Waals surface area contributed by atoms with Gasteiger partial charge in [-0.15, -0.1) is 0 Å². The topological polar surface area (TPSA) is 50.5 Å². The van der Waals surface area contributed by atoms with Crippen LogP contribution < -0.4 is 11.3 Å². The van der Waals surface area contributed by atoms with Crippen LogP contribution in [0.5, 0.6) is 0 Å². The minimum absolute atomic E-state index is 0.0274. The Morgan fingerprint density at radius 1 is 1.56 bits per heavy atom. The van der Waals surface area contributed by atoms with Crippen molar-refractivity contribution in [2.75, 3.05) is 26.3 Å². The first-order valence-electron chi connectivity index (χ1n) is 6.53. The molecule has 102 valence electrons. The van der Waals surface area contributed by atoms with E-state index in [1.165, 1.54) is 5.56 Å². The summed E-state index contributed by atoms with van der Waals surface area (Å²) in [5, 5.41) is 4.29. The van der Waals surface area contributed by atoms with Crippen LogP contribution in [-0.4, -0.2) is 36.7 Å². The summed E-state index contributed by atoms with van der Waals surface area (Å²) < 4.78 is 5.45. The van der Waals surface area contributed by atoms with E-state index in [1.54, 1.807) is 11.3 Å². The number of thiophene rings is 1. The molecule has 3 N–H and O–H groups in total. The molecule has 1 fully saturated rings. The minimum atomic E-state index is 0.0274. The van der Waals surface area contributed by atoms with Gasteiger partial charge < -0.3 is 4.74 Å². The molecular weight excluding hydrogens is 246 g/mol. The molecule has 0 aromatic carbocycles. The Kier molecular flexibility index (Phi) is 4.75. The summed E-state index contributed by atoms with van der Waals surface area (Å²) in [4.78, 5) is 2.50. The molecule has 0 saturated carbocycles. The van der Waals surface area contributed by atoms with Crippen molar-refractivity contribution in [1.82, 2.24) is 10.3 Å². The molecule has 0 spiro atoms. The van der Waals surface area contributed by atoms with Crippen LogP contribution in [0.3, 0.4) is 0 Å². The molecule has 2 atom stereocenters. The van der Waals surface area contributed by atoms with Crippen LogP contribution in [0.15, 0.2) is 16.8 Å². The van der Waals surface area contributed by atoms with Gasteiger partial charge in [0.1, 0.15) is 0 Å². The minimum Gasteiger partial charge on any atom is -0.379 e. The van der Waals surface area contributed by atoms with Crippen molar-refractivity contribution >= 4 is 11.3 Å². The Bertz CT molecular complexity index is 351. The third kappa shape index (κ3) is 2.60. The van der Waals surface area contributed by atoms with Crippen LogP contribution in [0.4, 0.5) is 0 Å². The van der Waals surface area contributed by atoms with Crippen LogP contribution in [0.1, 0.15) is 31.9 Å². The molecule has 0 bridgehead atoms. The van der Waals surface area contributed by atoms with Gasteiger partial charge in [-0.05, 0) is 35.7 Å². The van der Waals surface area contributed by atoms with Crippen molar-refractivity contribution < 1.29 is 4.74 Å². The van der Waals surface area contributed by atoms with E-state index < -0.39 is 0 Å². The lowest BCUT2D eigenvalue weighted by molar-refractivity contribution is -0.0328. The maximum absolute atomic E-state index is 5.83. The number of morpholine rings is 1. The fourth-order valence-electron chi connectivity index (χ4n) is 2.76. The second-order valence-corrected chi connectivity index (χ2v) is 5.75. The van der Waals surface area contributed by atoms with E-state index in [-0.39, 0.29) is 11.6 Å². The van der Waals surface area contributed by atoms with Gasteiger partial charge in [0.05, 0.1) is 19.3 Å². The Morgan fingerprint density at radius 3 is 2.78 bits per heavy atom. The number of ether oxygens (including phenoxy) is 1. The lowest BCUT2D eigenvalue weighted by atomic mass is 9.84. The van der Waals surface area contributed by atoms with Gasteiger partial charge in [0, 0.05) is 18.6 Å². The molecule has 5 heteroatoms. The molecule has 1 aliphatic rings. The molecule has 18 heavy (non-hydrogen) atoms. The molecule has 0 amide bonds. The van der Waals surface area contributed by atoms with Crippen LogP contribution in [-0.2, 0) is 4.74 Å². The van der Waals surface area contributed by atoms with Gasteiger partial charge >= 0.3 is 0 Å². The zero-order chi connectivity index (χ0) is 13.0. The van der Waals surface area contributed by atoms with Crippen molar-refractivity contribution in [3.05, 3.63) is 22.4 Å². The number of nitrogens with zero attached hydrogens (tertiary/aromatic N) is 1. The molecular formula is C13H23N3OS. The highest BCUT2D eigenvalue weighted by molar-refractivity contribution is 7.07. The van der Waals surface area contributed by atoms with E-state index in [0.29, 0.717) is 0 Å². The maximum atomic E-state index is 5.83. The van der Waals surface area contributed by atoms with Gasteiger partial charge in [0.25, 0.3) is 0 Å². The molecule has 1 aliphatic heterocycles. The Morgan fingerprint density at radius 2 is 2.28 bits per heavy atom. The van der Waals surface area contributed by atoms with Gasteiger partial charge in [-0.2, -0.15) is 11.3 Å². The Hall–Kier alpha value is -0.460. The van der Waals surface area contributed by atoms with Crippen molar-refractivity contribution in [3.63, 3.8) is 0 Å². The second kappa shape index (κ2) is 6.12. The number of hydrazine groups is 1. The lowest BCUT2D eigenvalue weighted by Gasteiger charge is -2.47. The van der Waals surface area contributed by atoms with Crippen molar-refractivity contribution in [2.45, 2.75) is 31.8 Å². The highest BCUT2D eigenvalue weighted by atomic mass is 32.1. The van der Waals surface area contributed by atoms with Gasteiger partial charge in [0.15, 0.2) is 0 Å². The van der Waals surface area contributed by atoms with E-state index >= 15 is 0 Å². The van der Waals surface area contributed by atoms with Crippen molar-refractivity contribution in [1.29, 1.82) is 0 Å². The number of hydrogen-bond acceptors (Lipinski definition) is 5. The van der Waals surface area contributed by atoms with Crippen LogP contribution in [0.25, 0.3) is 0 Å². The predicted octanol–water partition coefficient (Wildman–Crippen LogP) is 1.75. The van der Waals surface area contributed by atoms with Crippen LogP contribution in [0.2, 0.25) is 0 Å². The molecule has 2 heterocycles. The summed E-state index contributed by atoms with van der Waals surface area (Å²) in [5.74, 6) is 5.83. The smallest absolute Gasteiger partial charge is 0.0649 e. The van der Waals surface area contributed by atoms with Gasteiger partial charge in [-0.3, -0.25) is 16.2 Å². The number of nitrogens with two attached hydrogens (primary N) is 1. The van der Waals surface area contributed by atoms with E-state index in [2.05, 4.69) is 41.0 Å². The Labute approximate surface area is 113 Å². The highest BCUT2D eigenvalue weighted by Crippen LogP contribution is 2.35. The van der Waals surface area contributed by atoms with Crippen molar-refractivity contribution in [3.8, 4) is 0 Å². The monoisotopic (exact) mass is 269 g/mol. The second-order valence-electron chi connectivity index (χ2n) is 4.97. The molecule has 1 saturated heterocycles. The summed E-state index contributed by atoms with van der Waals surface area (Å²) in [6, 6.07) is 2.32. The molecule has 0 radical (unpaired) electrons. The van der Waals surface area contributed by atoms with E-state index in [9.17, 15) is 0 Å². The lowest BCUT2D eigenvalue weighted by Crippen LogP contribution is -2.58. The average Bonchev–Trinajstić information content (AvgIpc) is 2.94. The van der Waals surface area contributed by atoms with Crippen LogP contribution in [0, 0.1) is 0 Å². The fourth-order valence-corrected chi connectivity index (χ4v) is 3.44. The van der Waals surface area contributed by atoms with E-state index in [0.717, 1.165) is 32.7 Å². The summed E-state index contributed by atoms with van der Waals surface area (Å²) in [6.45, 7) is 8.11. The molecule has 4 nitrogen and oxygen atoms in total. The summed E-state index contributed by atoms with van der Waals surface area (Å²) in [7, 11) is 0. The molecule has 2 rings (SSSR count). The fraction of sp³-hybridized carbons (Fsp3) is 0.692. The Balaban J connectivity index is 2.23. The third-order valence-corrected chi connectivity index (χ3v) is 4.82. The van der Waals surface area contributed by atoms with Gasteiger partial charge in [-0.25, -0.2) is 0 Å². The molecule has 0 aliphatic carbocycles. The highest BCUT2D eigenvalue weighted by Gasteiger charge is 2.39. The normalized spacial score (nSPS) is 22.6. The van der Waals surface area contributed by atoms with E-state index in [4.69, 9.17) is 10.6 Å². The average molecular weight is 269 g/mol. The third-order valence-electron chi connectivity index (χ3n) is 4.11. The van der Waals surface area contributed by atoms with Gasteiger partial charge in [0.2, 0.25) is 0 Å². The molecule has 2 unspecified atom stereocenters. The predicted molar refractivity (Wildman–Crippen MR) is 75.5 cm³/mol. The number of nitrogens with one attached hydrogen (secondary N) is 1. The number of hydrogen-bond donors (Lipinski definition) is 2. The molecule has 1 aromatic heterocycles. The maximum Gasteiger partial charge on any atom is 0.0649 e. The first kappa shape index (κ1) is 14.0. The standard InChI is InChI=1S/C13H23N3OS/c1-3-13(2,16-5-7-17-8-6-16)12(15-14)11-4-9-18-10-11/h4,9-10,12,15H,3,5-8,14H2,1-2H3. The summed E-state index contributed by atoms with van der Waals surface area (Å²) in [6.07, 6.45) is 1.05. The number of rotatable bonds is 5. The van der Waals surface area contributed by atoms with E-state index in [1.807, 2.05) is 0 Å². The summed E-state index contributed by atoms with van der Waals surface area (Å²) in [5.41, 5.74) is 4.32. The first-order valence-corrected chi connectivity index (χ1v) is 7.47. The first-order chi connectivity index (χ1) is 8.72. The summed E-state index contributed by atoms with van der Waals surface area (Å²) >= 11 is 1.72.